The summed E-state index contributed by atoms with van der Waals surface area (Å²) in [4.78, 5) is 4.40. The first-order valence-corrected chi connectivity index (χ1v) is 7.32. The number of pyridine rings is 1. The first-order valence-electron chi connectivity index (χ1n) is 7.32. The van der Waals surface area contributed by atoms with E-state index in [1.54, 1.807) is 0 Å². The predicted octanol–water partition coefficient (Wildman–Crippen LogP) is 1.38. The van der Waals surface area contributed by atoms with E-state index in [9.17, 15) is 0 Å². The summed E-state index contributed by atoms with van der Waals surface area (Å²) in [5.41, 5.74) is 3.02. The van der Waals surface area contributed by atoms with Gasteiger partial charge in [-0.15, -0.1) is 0 Å². The average molecular weight is 274 g/mol. The molecule has 20 heavy (non-hydrogen) atoms. The highest BCUT2D eigenvalue weighted by Crippen LogP contribution is 2.37. The Kier molecular flexibility index (Phi) is 3.20. The molecular weight excluding hydrogens is 251 g/mol. The fourth-order valence-corrected chi connectivity index (χ4v) is 2.69. The number of hydrogen-bond acceptors (Lipinski definition) is 4. The van der Waals surface area contributed by atoms with Crippen LogP contribution in [0, 0.1) is 6.92 Å². The molecule has 108 valence electrons. The number of hydrogen-bond donors (Lipinski definition) is 1. The number of rotatable bonds is 2. The zero-order chi connectivity index (χ0) is 14.5. The molecule has 0 atom stereocenters. The summed E-state index contributed by atoms with van der Waals surface area (Å²) < 4.78 is 12.3. The van der Waals surface area contributed by atoms with Crippen molar-refractivity contribution in [1.82, 2.24) is 10.3 Å². The summed E-state index contributed by atoms with van der Waals surface area (Å²) in [5.74, 6) is 0.574. The Hall–Kier alpha value is -0.905. The second-order valence-corrected chi connectivity index (χ2v) is 6.89. The molecule has 0 aliphatic carbocycles. The second-order valence-electron chi connectivity index (χ2n) is 6.89. The van der Waals surface area contributed by atoms with Crippen molar-refractivity contribution in [2.24, 2.45) is 0 Å². The van der Waals surface area contributed by atoms with Gasteiger partial charge in [0.2, 0.25) is 0 Å². The first-order chi connectivity index (χ1) is 9.32. The van der Waals surface area contributed by atoms with Crippen LogP contribution >= 0.6 is 0 Å². The van der Waals surface area contributed by atoms with E-state index < -0.39 is 0 Å². The minimum atomic E-state index is -0.319. The number of aromatic nitrogens is 1. The highest BCUT2D eigenvalue weighted by Gasteiger charge is 2.52. The van der Waals surface area contributed by atoms with Gasteiger partial charge in [-0.2, -0.15) is 0 Å². The Bertz CT molecular complexity index is 511. The lowest BCUT2D eigenvalue weighted by atomic mass is 9.74. The SMILES string of the molecule is Cc1c(B2OC(C)(C)C(C)(C)O2)cncc1C1CNC1. The molecule has 2 saturated heterocycles. The van der Waals surface area contributed by atoms with Gasteiger partial charge >= 0.3 is 7.12 Å². The molecule has 0 spiro atoms. The van der Waals surface area contributed by atoms with E-state index in [4.69, 9.17) is 9.31 Å². The van der Waals surface area contributed by atoms with Crippen molar-refractivity contribution >= 4 is 12.6 Å². The van der Waals surface area contributed by atoms with Crippen molar-refractivity contribution in [2.45, 2.75) is 51.7 Å². The highest BCUT2D eigenvalue weighted by molar-refractivity contribution is 6.62. The van der Waals surface area contributed by atoms with Crippen LogP contribution in [0.1, 0.15) is 44.7 Å². The third-order valence-corrected chi connectivity index (χ3v) is 5.02. The van der Waals surface area contributed by atoms with Crippen LogP contribution in [0.15, 0.2) is 12.4 Å². The van der Waals surface area contributed by atoms with Gasteiger partial charge < -0.3 is 14.6 Å². The summed E-state index contributed by atoms with van der Waals surface area (Å²) in [6, 6.07) is 0. The minimum absolute atomic E-state index is 0.307. The largest absolute Gasteiger partial charge is 0.496 e. The monoisotopic (exact) mass is 274 g/mol. The van der Waals surface area contributed by atoms with Crippen LogP contribution in [0.2, 0.25) is 0 Å². The van der Waals surface area contributed by atoms with E-state index in [1.807, 2.05) is 12.4 Å². The van der Waals surface area contributed by atoms with Crippen molar-refractivity contribution in [3.63, 3.8) is 0 Å². The summed E-state index contributed by atoms with van der Waals surface area (Å²) in [5, 5.41) is 3.31. The van der Waals surface area contributed by atoms with Crippen LogP contribution in [0.25, 0.3) is 0 Å². The average Bonchev–Trinajstić information content (AvgIpc) is 2.48. The maximum atomic E-state index is 6.14. The molecule has 0 radical (unpaired) electrons. The van der Waals surface area contributed by atoms with E-state index in [0.717, 1.165) is 18.6 Å². The van der Waals surface area contributed by atoms with E-state index in [-0.39, 0.29) is 18.3 Å². The van der Waals surface area contributed by atoms with E-state index >= 15 is 0 Å². The summed E-state index contributed by atoms with van der Waals surface area (Å²) in [6.45, 7) is 12.5. The molecule has 3 rings (SSSR count). The lowest BCUT2D eigenvalue weighted by molar-refractivity contribution is 0.00578. The van der Waals surface area contributed by atoms with Gasteiger partial charge in [-0.25, -0.2) is 0 Å². The highest BCUT2D eigenvalue weighted by atomic mass is 16.7. The first kappa shape index (κ1) is 14.0. The second kappa shape index (κ2) is 4.55. The van der Waals surface area contributed by atoms with Crippen molar-refractivity contribution in [3.05, 3.63) is 23.5 Å². The van der Waals surface area contributed by atoms with Crippen LogP contribution < -0.4 is 10.8 Å². The van der Waals surface area contributed by atoms with Gasteiger partial charge in [0.1, 0.15) is 0 Å². The summed E-state index contributed by atoms with van der Waals surface area (Å²) in [6.07, 6.45) is 3.86. The zero-order valence-corrected chi connectivity index (χ0v) is 13.0. The van der Waals surface area contributed by atoms with E-state index in [1.165, 1.54) is 11.1 Å². The van der Waals surface area contributed by atoms with Gasteiger partial charge in [0.25, 0.3) is 0 Å². The third-order valence-electron chi connectivity index (χ3n) is 5.02. The van der Waals surface area contributed by atoms with Crippen LogP contribution in [0.4, 0.5) is 0 Å². The fourth-order valence-electron chi connectivity index (χ4n) is 2.69. The summed E-state index contributed by atoms with van der Waals surface area (Å²) in [7, 11) is -0.319. The van der Waals surface area contributed by atoms with Gasteiger partial charge in [-0.3, -0.25) is 4.98 Å². The topological polar surface area (TPSA) is 43.4 Å². The van der Waals surface area contributed by atoms with Gasteiger partial charge in [-0.1, -0.05) is 0 Å². The zero-order valence-electron chi connectivity index (χ0n) is 13.0. The van der Waals surface area contributed by atoms with E-state index in [0.29, 0.717) is 5.92 Å². The molecule has 2 fully saturated rings. The molecule has 0 aromatic carbocycles. The Morgan fingerprint density at radius 3 is 2.25 bits per heavy atom. The molecule has 2 aliphatic heterocycles. The Morgan fingerprint density at radius 1 is 1.15 bits per heavy atom. The van der Waals surface area contributed by atoms with E-state index in [2.05, 4.69) is 44.9 Å². The van der Waals surface area contributed by atoms with Crippen LogP contribution in [-0.2, 0) is 9.31 Å². The van der Waals surface area contributed by atoms with Gasteiger partial charge in [0, 0.05) is 36.9 Å². The quantitative estimate of drug-likeness (QED) is 0.827. The Balaban J connectivity index is 1.92. The van der Waals surface area contributed by atoms with Gasteiger partial charge in [-0.05, 0) is 45.7 Å². The Morgan fingerprint density at radius 2 is 1.75 bits per heavy atom. The molecule has 3 heterocycles. The maximum absolute atomic E-state index is 6.14. The molecule has 4 nitrogen and oxygen atoms in total. The smallest absolute Gasteiger partial charge is 0.399 e. The van der Waals surface area contributed by atoms with Crippen LogP contribution in [0.3, 0.4) is 0 Å². The Labute approximate surface area is 121 Å². The molecule has 0 amide bonds. The lowest BCUT2D eigenvalue weighted by Gasteiger charge is -2.32. The third kappa shape index (κ3) is 2.08. The maximum Gasteiger partial charge on any atom is 0.496 e. The normalized spacial score (nSPS) is 24.8. The number of nitrogens with one attached hydrogen (secondary N) is 1. The van der Waals surface area contributed by atoms with Crippen molar-refractivity contribution < 1.29 is 9.31 Å². The predicted molar refractivity (Wildman–Crippen MR) is 80.3 cm³/mol. The van der Waals surface area contributed by atoms with Gasteiger partial charge in [0.15, 0.2) is 0 Å². The van der Waals surface area contributed by atoms with Gasteiger partial charge in [0.05, 0.1) is 11.2 Å². The standard InChI is InChI=1S/C15H23BN2O2/c1-10-12(11-6-17-7-11)8-18-9-13(10)16-19-14(2,3)15(4,5)20-16/h8-9,11,17H,6-7H2,1-5H3. The van der Waals surface area contributed by atoms with Crippen molar-refractivity contribution in [3.8, 4) is 0 Å². The van der Waals surface area contributed by atoms with Crippen molar-refractivity contribution in [2.75, 3.05) is 13.1 Å². The molecule has 5 heteroatoms. The lowest BCUT2D eigenvalue weighted by Crippen LogP contribution is -2.42. The molecule has 0 unspecified atom stereocenters. The minimum Gasteiger partial charge on any atom is -0.399 e. The molecule has 0 bridgehead atoms. The number of nitrogens with zero attached hydrogens (tertiary/aromatic N) is 1. The molecule has 1 aromatic rings. The van der Waals surface area contributed by atoms with Crippen LogP contribution in [-0.4, -0.2) is 36.4 Å². The molecule has 1 aromatic heterocycles. The molecule has 2 aliphatic rings. The fraction of sp³-hybridized carbons (Fsp3) is 0.667. The summed E-state index contributed by atoms with van der Waals surface area (Å²) >= 11 is 0. The molecular formula is C15H23BN2O2. The van der Waals surface area contributed by atoms with Crippen molar-refractivity contribution in [1.29, 1.82) is 0 Å². The molecule has 1 N–H and O–H groups in total. The molecule has 0 saturated carbocycles. The van der Waals surface area contributed by atoms with Crippen LogP contribution in [0.5, 0.6) is 0 Å².